The molecular weight excluding hydrogens is 238 g/mol. The van der Waals surface area contributed by atoms with Gasteiger partial charge in [0.15, 0.2) is 11.9 Å². The summed E-state index contributed by atoms with van der Waals surface area (Å²) in [6.07, 6.45) is 0. The van der Waals surface area contributed by atoms with Gasteiger partial charge in [0.25, 0.3) is 0 Å². The summed E-state index contributed by atoms with van der Waals surface area (Å²) >= 11 is 0. The lowest BCUT2D eigenvalue weighted by molar-refractivity contribution is 0.484. The number of hydrogen-bond acceptors (Lipinski definition) is 2. The van der Waals surface area contributed by atoms with Gasteiger partial charge in [-0.15, -0.1) is 12.4 Å². The zero-order valence-corrected chi connectivity index (χ0v) is 10.8. The smallest absolute Gasteiger partial charge is 0.197 e. The van der Waals surface area contributed by atoms with Gasteiger partial charge in [-0.25, -0.2) is 0 Å². The van der Waals surface area contributed by atoms with Crippen molar-refractivity contribution in [3.8, 4) is 0 Å². The van der Waals surface area contributed by atoms with Crippen LogP contribution in [0.25, 0.3) is 0 Å². The minimum absolute atomic E-state index is 0. The van der Waals surface area contributed by atoms with Gasteiger partial charge < -0.3 is 10.6 Å². The van der Waals surface area contributed by atoms with Crippen molar-refractivity contribution in [2.24, 2.45) is 5.73 Å². The molecule has 0 aliphatic rings. The summed E-state index contributed by atoms with van der Waals surface area (Å²) in [6, 6.07) is 8.11. The van der Waals surface area contributed by atoms with Gasteiger partial charge in [-0.3, -0.25) is 16.1 Å². The lowest BCUT2D eigenvalue weighted by atomic mass is 10.1. The van der Waals surface area contributed by atoms with Crippen LogP contribution in [0.2, 0.25) is 0 Å². The number of nitrogens with two attached hydrogens (primary N) is 1. The van der Waals surface area contributed by atoms with Gasteiger partial charge in [-0.1, -0.05) is 29.8 Å². The molecule has 1 aromatic rings. The van der Waals surface area contributed by atoms with Crippen LogP contribution >= 0.6 is 12.4 Å². The van der Waals surface area contributed by atoms with E-state index in [1.165, 1.54) is 5.56 Å². The van der Waals surface area contributed by atoms with Gasteiger partial charge in [-0.2, -0.15) is 0 Å². The van der Waals surface area contributed by atoms with Crippen LogP contribution in [0, 0.1) is 17.7 Å². The highest BCUT2D eigenvalue weighted by Crippen LogP contribution is 2.05. The summed E-state index contributed by atoms with van der Waals surface area (Å²) in [5.74, 6) is -0.103. The second-order valence-electron chi connectivity index (χ2n) is 3.73. The van der Waals surface area contributed by atoms with E-state index in [-0.39, 0.29) is 24.3 Å². The molecule has 0 atom stereocenters. The van der Waals surface area contributed by atoms with Crippen molar-refractivity contribution < 1.29 is 0 Å². The molecule has 1 aromatic carbocycles. The van der Waals surface area contributed by atoms with E-state index in [1.807, 2.05) is 31.2 Å². The van der Waals surface area contributed by atoms with Crippen LogP contribution in [0.15, 0.2) is 24.3 Å². The SMILES string of the molecule is Cc1ccc(CN(C)C(=N)NC(=N)N)cc1.Cl. The second-order valence-corrected chi connectivity index (χ2v) is 3.73. The van der Waals surface area contributed by atoms with Gasteiger partial charge in [0.05, 0.1) is 0 Å². The Labute approximate surface area is 107 Å². The van der Waals surface area contributed by atoms with Crippen molar-refractivity contribution in [1.82, 2.24) is 10.2 Å². The number of benzene rings is 1. The summed E-state index contributed by atoms with van der Waals surface area (Å²) in [6.45, 7) is 2.65. The van der Waals surface area contributed by atoms with Crippen LogP contribution < -0.4 is 11.1 Å². The van der Waals surface area contributed by atoms with Crippen molar-refractivity contribution >= 4 is 24.3 Å². The zero-order valence-electron chi connectivity index (χ0n) is 9.95. The quantitative estimate of drug-likeness (QED) is 0.474. The molecule has 0 radical (unpaired) electrons. The molecule has 0 bridgehead atoms. The fourth-order valence-electron chi connectivity index (χ4n) is 1.27. The topological polar surface area (TPSA) is 89.0 Å². The van der Waals surface area contributed by atoms with E-state index in [4.69, 9.17) is 16.6 Å². The first kappa shape index (κ1) is 15.2. The van der Waals surface area contributed by atoms with Crippen molar-refractivity contribution in [3.05, 3.63) is 35.4 Å². The first-order valence-electron chi connectivity index (χ1n) is 4.95. The molecule has 0 amide bonds. The minimum Gasteiger partial charge on any atom is -0.370 e. The monoisotopic (exact) mass is 255 g/mol. The molecule has 0 spiro atoms. The number of aryl methyl sites for hydroxylation is 1. The zero-order chi connectivity index (χ0) is 12.1. The maximum absolute atomic E-state index is 7.61. The average molecular weight is 256 g/mol. The Morgan fingerprint density at radius 2 is 1.82 bits per heavy atom. The Morgan fingerprint density at radius 3 is 2.29 bits per heavy atom. The summed E-state index contributed by atoms with van der Waals surface area (Å²) in [7, 11) is 1.78. The Balaban J connectivity index is 0.00000256. The van der Waals surface area contributed by atoms with Crippen LogP contribution in [0.3, 0.4) is 0 Å². The molecule has 0 unspecified atom stereocenters. The average Bonchev–Trinajstić information content (AvgIpc) is 2.20. The van der Waals surface area contributed by atoms with Gasteiger partial charge in [0.1, 0.15) is 0 Å². The molecule has 17 heavy (non-hydrogen) atoms. The number of guanidine groups is 2. The Hall–Kier alpha value is -1.75. The van der Waals surface area contributed by atoms with Gasteiger partial charge >= 0.3 is 0 Å². The third-order valence-corrected chi connectivity index (χ3v) is 2.18. The van der Waals surface area contributed by atoms with Crippen LogP contribution in [-0.4, -0.2) is 23.9 Å². The van der Waals surface area contributed by atoms with E-state index in [9.17, 15) is 0 Å². The summed E-state index contributed by atoms with van der Waals surface area (Å²) < 4.78 is 0. The highest BCUT2D eigenvalue weighted by atomic mass is 35.5. The lowest BCUT2D eigenvalue weighted by Crippen LogP contribution is -2.43. The molecular formula is C11H18ClN5. The molecule has 1 rings (SSSR count). The fraction of sp³-hybridized carbons (Fsp3) is 0.273. The molecule has 0 aliphatic carbocycles. The van der Waals surface area contributed by atoms with Crippen LogP contribution in [0.5, 0.6) is 0 Å². The van der Waals surface area contributed by atoms with Crippen LogP contribution in [-0.2, 0) is 6.54 Å². The second kappa shape index (κ2) is 6.75. The van der Waals surface area contributed by atoms with E-state index in [0.717, 1.165) is 5.56 Å². The molecule has 0 aromatic heterocycles. The summed E-state index contributed by atoms with van der Waals surface area (Å²) in [4.78, 5) is 1.69. The highest BCUT2D eigenvalue weighted by Gasteiger charge is 2.05. The minimum atomic E-state index is -0.222. The van der Waals surface area contributed by atoms with Crippen LogP contribution in [0.4, 0.5) is 0 Å². The van der Waals surface area contributed by atoms with E-state index >= 15 is 0 Å². The summed E-state index contributed by atoms with van der Waals surface area (Å²) in [5.41, 5.74) is 7.47. The maximum Gasteiger partial charge on any atom is 0.197 e. The first-order chi connectivity index (χ1) is 7.49. The third-order valence-electron chi connectivity index (χ3n) is 2.18. The van der Waals surface area contributed by atoms with Crippen LogP contribution in [0.1, 0.15) is 11.1 Å². The van der Waals surface area contributed by atoms with Crippen molar-refractivity contribution in [2.45, 2.75) is 13.5 Å². The standard InChI is InChI=1S/C11H17N5.ClH/c1-8-3-5-9(6-4-8)7-16(2)11(14)15-10(12)13;/h3-6H,7H2,1-2H3,(H5,12,13,14,15);1H. The van der Waals surface area contributed by atoms with E-state index < -0.39 is 0 Å². The molecule has 0 aliphatic heterocycles. The van der Waals surface area contributed by atoms with Gasteiger partial charge in [0, 0.05) is 13.6 Å². The normalized spacial score (nSPS) is 9.06. The highest BCUT2D eigenvalue weighted by molar-refractivity contribution is 5.94. The van der Waals surface area contributed by atoms with Crippen molar-refractivity contribution in [3.63, 3.8) is 0 Å². The van der Waals surface area contributed by atoms with Crippen molar-refractivity contribution in [2.75, 3.05) is 7.05 Å². The van der Waals surface area contributed by atoms with E-state index in [1.54, 1.807) is 11.9 Å². The molecule has 6 heteroatoms. The number of halogens is 1. The molecule has 5 nitrogen and oxygen atoms in total. The maximum atomic E-state index is 7.61. The Bertz CT molecular complexity index is 387. The lowest BCUT2D eigenvalue weighted by Gasteiger charge is -2.20. The first-order valence-corrected chi connectivity index (χ1v) is 4.95. The third kappa shape index (κ3) is 5.21. The number of rotatable bonds is 2. The number of nitrogens with zero attached hydrogens (tertiary/aromatic N) is 1. The number of nitrogens with one attached hydrogen (secondary N) is 3. The summed E-state index contributed by atoms with van der Waals surface area (Å²) in [5, 5.41) is 17.1. The predicted octanol–water partition coefficient (Wildman–Crippen LogP) is 1.27. The van der Waals surface area contributed by atoms with E-state index in [0.29, 0.717) is 6.54 Å². The van der Waals surface area contributed by atoms with Gasteiger partial charge in [0.2, 0.25) is 0 Å². The molecule has 0 saturated heterocycles. The molecule has 0 saturated carbocycles. The Kier molecular flexibility index (Phi) is 6.06. The van der Waals surface area contributed by atoms with Crippen molar-refractivity contribution in [1.29, 1.82) is 10.8 Å². The fourth-order valence-corrected chi connectivity index (χ4v) is 1.27. The molecule has 0 fully saturated rings. The Morgan fingerprint density at radius 1 is 1.29 bits per heavy atom. The largest absolute Gasteiger partial charge is 0.370 e. The van der Waals surface area contributed by atoms with E-state index in [2.05, 4.69) is 5.32 Å². The number of hydrogen-bond donors (Lipinski definition) is 4. The molecule has 5 N–H and O–H groups in total. The van der Waals surface area contributed by atoms with Gasteiger partial charge in [-0.05, 0) is 12.5 Å². The molecule has 94 valence electrons. The predicted molar refractivity (Wildman–Crippen MR) is 72.7 cm³/mol. The molecule has 0 heterocycles.